The van der Waals surface area contributed by atoms with E-state index in [4.69, 9.17) is 0 Å². The molecule has 0 spiro atoms. The minimum absolute atomic E-state index is 0.0364. The van der Waals surface area contributed by atoms with Crippen molar-refractivity contribution in [2.24, 2.45) is 0 Å². The predicted octanol–water partition coefficient (Wildman–Crippen LogP) is 3.56. The summed E-state index contributed by atoms with van der Waals surface area (Å²) in [6.45, 7) is 0.0364. The Balaban J connectivity index is 1.36. The van der Waals surface area contributed by atoms with E-state index >= 15 is 0 Å². The van der Waals surface area contributed by atoms with Gasteiger partial charge in [-0.3, -0.25) is 14.6 Å². The molecule has 3 saturated heterocycles. The lowest BCUT2D eigenvalue weighted by Gasteiger charge is -2.35. The predicted molar refractivity (Wildman–Crippen MR) is 120 cm³/mol. The Morgan fingerprint density at radius 1 is 1.08 bits per heavy atom. The molecule has 0 radical (unpaired) electrons. The van der Waals surface area contributed by atoms with Gasteiger partial charge < -0.3 is 9.80 Å². The quantitative estimate of drug-likeness (QED) is 0.511. The van der Waals surface area contributed by atoms with E-state index in [1.54, 1.807) is 12.1 Å². The van der Waals surface area contributed by atoms with E-state index in [0.717, 1.165) is 17.0 Å². The third-order valence-corrected chi connectivity index (χ3v) is 7.10. The molecular formula is C25H16F3N5O3. The highest BCUT2D eigenvalue weighted by molar-refractivity contribution is 6.25. The number of hydrogen-bond donors (Lipinski definition) is 0. The molecule has 4 amide bonds. The number of nitrogens with zero attached hydrogens (tertiary/aromatic N) is 5. The zero-order chi connectivity index (χ0) is 25.4. The van der Waals surface area contributed by atoms with E-state index in [1.807, 2.05) is 6.07 Å². The fourth-order valence-corrected chi connectivity index (χ4v) is 5.63. The fourth-order valence-electron chi connectivity index (χ4n) is 5.63. The van der Waals surface area contributed by atoms with Gasteiger partial charge in [-0.15, -0.1) is 0 Å². The molecular weight excluding hydrogens is 475 g/mol. The molecule has 8 nitrogen and oxygen atoms in total. The summed E-state index contributed by atoms with van der Waals surface area (Å²) in [6.07, 6.45) is -2.90. The molecule has 6 rings (SSSR count). The maximum absolute atomic E-state index is 13.6. The van der Waals surface area contributed by atoms with Crippen LogP contribution in [-0.2, 0) is 11.0 Å². The van der Waals surface area contributed by atoms with E-state index < -0.39 is 53.3 Å². The molecule has 2 aromatic carbocycles. The van der Waals surface area contributed by atoms with Crippen molar-refractivity contribution in [1.29, 1.82) is 5.26 Å². The molecule has 4 heterocycles. The smallest absolute Gasteiger partial charge is 0.331 e. The zero-order valence-corrected chi connectivity index (χ0v) is 18.4. The topological polar surface area (TPSA) is 97.6 Å². The normalized spacial score (nSPS) is 22.9. The van der Waals surface area contributed by atoms with E-state index in [2.05, 4.69) is 4.98 Å². The van der Waals surface area contributed by atoms with Crippen molar-refractivity contribution in [2.75, 3.05) is 11.4 Å². The fraction of sp³-hybridized carbons (Fsp3) is 0.240. The van der Waals surface area contributed by atoms with Crippen LogP contribution in [0.25, 0.3) is 10.9 Å². The number of pyridine rings is 1. The van der Waals surface area contributed by atoms with Crippen molar-refractivity contribution in [2.45, 2.75) is 30.7 Å². The van der Waals surface area contributed by atoms with Gasteiger partial charge in [0.25, 0.3) is 11.8 Å². The Labute approximate surface area is 202 Å². The summed E-state index contributed by atoms with van der Waals surface area (Å²) in [5, 5.41) is 9.84. The van der Waals surface area contributed by atoms with Gasteiger partial charge in [-0.05, 0) is 42.8 Å². The van der Waals surface area contributed by atoms with Crippen molar-refractivity contribution < 1.29 is 27.6 Å². The van der Waals surface area contributed by atoms with Gasteiger partial charge in [0.2, 0.25) is 0 Å². The molecule has 36 heavy (non-hydrogen) atoms. The summed E-state index contributed by atoms with van der Waals surface area (Å²) in [5.41, 5.74) is -0.632. The van der Waals surface area contributed by atoms with Crippen LogP contribution >= 0.6 is 0 Å². The number of alkyl halides is 3. The van der Waals surface area contributed by atoms with Gasteiger partial charge in [-0.1, -0.05) is 12.1 Å². The summed E-state index contributed by atoms with van der Waals surface area (Å²) < 4.78 is 40.6. The summed E-state index contributed by atoms with van der Waals surface area (Å²) in [7, 11) is 0. The Hall–Kier alpha value is -4.46. The second kappa shape index (κ2) is 7.52. The van der Waals surface area contributed by atoms with Gasteiger partial charge in [-0.25, -0.2) is 9.69 Å². The summed E-state index contributed by atoms with van der Waals surface area (Å²) in [4.78, 5) is 48.2. The molecule has 2 unspecified atom stereocenters. The van der Waals surface area contributed by atoms with Crippen LogP contribution in [0.2, 0.25) is 0 Å². The molecule has 3 aliphatic rings. The first-order valence-corrected chi connectivity index (χ1v) is 11.1. The van der Waals surface area contributed by atoms with Crippen LogP contribution in [0.15, 0.2) is 54.7 Å². The number of fused-ring (bicyclic) bond motifs is 6. The number of piperazine rings is 1. The molecule has 1 aromatic heterocycles. The summed E-state index contributed by atoms with van der Waals surface area (Å²) in [6, 6.07) is 10.1. The number of urea groups is 1. The minimum Gasteiger partial charge on any atom is -0.331 e. The molecule has 3 fully saturated rings. The number of carbonyl (C=O) groups excluding carboxylic acids is 3. The highest BCUT2D eigenvalue weighted by Gasteiger charge is 2.63. The summed E-state index contributed by atoms with van der Waals surface area (Å²) >= 11 is 0. The van der Waals surface area contributed by atoms with Gasteiger partial charge in [-0.2, -0.15) is 18.4 Å². The van der Waals surface area contributed by atoms with Crippen LogP contribution in [0.4, 0.5) is 23.7 Å². The Morgan fingerprint density at radius 3 is 2.61 bits per heavy atom. The van der Waals surface area contributed by atoms with Crippen molar-refractivity contribution in [3.63, 3.8) is 0 Å². The molecule has 2 bridgehead atoms. The standard InChI is InChI=1S/C25H16F3N5O3/c26-25(27,28)17-6-2-1-4-15(17)22(34)31-12-14-10-19(31)21-23(35)33(24(36)32(14)21)18-8-7-13(11-29)20-16(18)5-3-9-30-20/h1-9,14,19,21H,10,12H2/t14-,19?,21?/m1/s1. The van der Waals surface area contributed by atoms with Crippen LogP contribution in [0.3, 0.4) is 0 Å². The van der Waals surface area contributed by atoms with Gasteiger partial charge >= 0.3 is 12.2 Å². The SMILES string of the molecule is N#Cc1ccc(N2C(=O)C3C4C[C@H](CN4C(=O)c4ccccc4C(F)(F)F)N3C2=O)c2cccnc12. The number of amides is 4. The minimum atomic E-state index is -4.71. The third kappa shape index (κ3) is 2.94. The molecule has 0 aliphatic carbocycles. The van der Waals surface area contributed by atoms with E-state index in [0.29, 0.717) is 17.3 Å². The van der Waals surface area contributed by atoms with Crippen LogP contribution in [0, 0.1) is 11.3 Å². The van der Waals surface area contributed by atoms with Gasteiger partial charge in [0.05, 0.1) is 40.0 Å². The maximum atomic E-state index is 13.6. The molecule has 3 aliphatic heterocycles. The van der Waals surface area contributed by atoms with Crippen molar-refractivity contribution in [3.05, 3.63) is 71.4 Å². The number of hydrogen-bond acceptors (Lipinski definition) is 5. The van der Waals surface area contributed by atoms with Crippen molar-refractivity contribution in [1.82, 2.24) is 14.8 Å². The van der Waals surface area contributed by atoms with Crippen molar-refractivity contribution >= 4 is 34.4 Å². The van der Waals surface area contributed by atoms with Crippen LogP contribution in [-0.4, -0.2) is 57.3 Å². The number of likely N-dealkylation sites (tertiary alicyclic amines) is 1. The second-order valence-corrected chi connectivity index (χ2v) is 8.91. The third-order valence-electron chi connectivity index (χ3n) is 7.10. The number of aromatic nitrogens is 1. The van der Waals surface area contributed by atoms with Gasteiger partial charge in [0, 0.05) is 18.1 Å². The number of anilines is 1. The average molecular weight is 491 g/mol. The number of nitriles is 1. The highest BCUT2D eigenvalue weighted by atomic mass is 19.4. The summed E-state index contributed by atoms with van der Waals surface area (Å²) in [5.74, 6) is -1.38. The molecule has 3 aromatic rings. The first kappa shape index (κ1) is 22.0. The first-order chi connectivity index (χ1) is 17.2. The van der Waals surface area contributed by atoms with Crippen LogP contribution in [0.1, 0.15) is 27.9 Å². The molecule has 180 valence electrons. The lowest BCUT2D eigenvalue weighted by Crippen LogP contribution is -2.55. The number of carbonyl (C=O) groups is 3. The largest absolute Gasteiger partial charge is 0.417 e. The first-order valence-electron chi connectivity index (χ1n) is 11.1. The van der Waals surface area contributed by atoms with Gasteiger partial charge in [0.1, 0.15) is 12.1 Å². The maximum Gasteiger partial charge on any atom is 0.417 e. The molecule has 0 N–H and O–H groups in total. The number of imide groups is 1. The second-order valence-electron chi connectivity index (χ2n) is 8.91. The van der Waals surface area contributed by atoms with E-state index in [-0.39, 0.29) is 17.8 Å². The zero-order valence-electron chi connectivity index (χ0n) is 18.4. The Morgan fingerprint density at radius 2 is 1.86 bits per heavy atom. The Kier molecular flexibility index (Phi) is 4.60. The molecule has 0 saturated carbocycles. The lowest BCUT2D eigenvalue weighted by atomic mass is 10.0. The van der Waals surface area contributed by atoms with Crippen molar-refractivity contribution in [3.8, 4) is 6.07 Å². The lowest BCUT2D eigenvalue weighted by molar-refractivity contribution is -0.138. The van der Waals surface area contributed by atoms with E-state index in [9.17, 15) is 32.8 Å². The van der Waals surface area contributed by atoms with Crippen LogP contribution in [0.5, 0.6) is 0 Å². The monoisotopic (exact) mass is 491 g/mol. The Bertz CT molecular complexity index is 1510. The van der Waals surface area contributed by atoms with Crippen LogP contribution < -0.4 is 4.90 Å². The van der Waals surface area contributed by atoms with E-state index in [1.165, 1.54) is 40.3 Å². The highest BCUT2D eigenvalue weighted by Crippen LogP contribution is 2.44. The molecule has 11 heteroatoms. The number of halogens is 3. The average Bonchev–Trinajstić information content (AvgIpc) is 3.54. The molecule has 3 atom stereocenters. The number of rotatable bonds is 2. The number of benzene rings is 2. The van der Waals surface area contributed by atoms with Gasteiger partial charge in [0.15, 0.2) is 0 Å².